The highest BCUT2D eigenvalue weighted by atomic mass is 19.1. The van der Waals surface area contributed by atoms with Crippen molar-refractivity contribution in [2.75, 3.05) is 11.9 Å². The van der Waals surface area contributed by atoms with E-state index in [1.165, 1.54) is 16.9 Å². The van der Waals surface area contributed by atoms with E-state index in [9.17, 15) is 14.0 Å². The number of benzene rings is 2. The molecule has 1 heterocycles. The molecular formula is C22H22FN3O3. The molecule has 3 aromatic rings. The van der Waals surface area contributed by atoms with Gasteiger partial charge in [0, 0.05) is 12.1 Å². The Morgan fingerprint density at radius 1 is 1.14 bits per heavy atom. The van der Waals surface area contributed by atoms with E-state index in [0.717, 1.165) is 5.56 Å². The van der Waals surface area contributed by atoms with Crippen LogP contribution in [0.4, 0.5) is 10.1 Å². The zero-order valence-electron chi connectivity index (χ0n) is 16.3. The van der Waals surface area contributed by atoms with Crippen molar-refractivity contribution in [2.45, 2.75) is 26.7 Å². The van der Waals surface area contributed by atoms with Crippen molar-refractivity contribution in [1.82, 2.24) is 9.78 Å². The second-order valence-electron chi connectivity index (χ2n) is 6.46. The first-order chi connectivity index (χ1) is 14.0. The van der Waals surface area contributed by atoms with Crippen molar-refractivity contribution in [2.24, 2.45) is 0 Å². The van der Waals surface area contributed by atoms with E-state index in [4.69, 9.17) is 4.74 Å². The summed E-state index contributed by atoms with van der Waals surface area (Å²) in [6.07, 6.45) is 2.31. The average Bonchev–Trinajstić information content (AvgIpc) is 3.09. The van der Waals surface area contributed by atoms with E-state index >= 15 is 0 Å². The summed E-state index contributed by atoms with van der Waals surface area (Å²) in [6.45, 7) is 3.86. The fourth-order valence-corrected chi connectivity index (χ4v) is 2.93. The van der Waals surface area contributed by atoms with Crippen LogP contribution in [-0.4, -0.2) is 28.3 Å². The maximum absolute atomic E-state index is 14.0. The summed E-state index contributed by atoms with van der Waals surface area (Å²) >= 11 is 0. The molecule has 0 bridgehead atoms. The predicted molar refractivity (Wildman–Crippen MR) is 108 cm³/mol. The number of anilines is 1. The number of carbonyl (C=O) groups excluding carboxylic acids is 2. The third-order valence-corrected chi connectivity index (χ3v) is 4.47. The van der Waals surface area contributed by atoms with Crippen LogP contribution in [0.1, 0.15) is 35.0 Å². The third-order valence-electron chi connectivity index (χ3n) is 4.47. The van der Waals surface area contributed by atoms with E-state index in [1.54, 1.807) is 44.2 Å². The number of para-hydroxylation sites is 1. The van der Waals surface area contributed by atoms with Gasteiger partial charge in [-0.15, -0.1) is 0 Å². The number of rotatable bonds is 7. The van der Waals surface area contributed by atoms with Crippen LogP contribution in [-0.2, 0) is 16.0 Å². The molecule has 2 aromatic carbocycles. The van der Waals surface area contributed by atoms with Gasteiger partial charge in [-0.2, -0.15) is 5.10 Å². The third kappa shape index (κ3) is 4.87. The molecule has 1 amide bonds. The van der Waals surface area contributed by atoms with E-state index in [2.05, 4.69) is 10.4 Å². The summed E-state index contributed by atoms with van der Waals surface area (Å²) in [5.41, 5.74) is 2.78. The monoisotopic (exact) mass is 395 g/mol. The van der Waals surface area contributed by atoms with Gasteiger partial charge in [-0.1, -0.05) is 24.3 Å². The van der Waals surface area contributed by atoms with Crippen LogP contribution in [0, 0.1) is 12.7 Å². The number of halogens is 1. The van der Waals surface area contributed by atoms with Crippen LogP contribution in [0.3, 0.4) is 0 Å². The number of ether oxygens (including phenoxy) is 1. The van der Waals surface area contributed by atoms with Gasteiger partial charge in [-0.05, 0) is 50.1 Å². The van der Waals surface area contributed by atoms with Gasteiger partial charge < -0.3 is 10.1 Å². The number of carbonyl (C=O) groups is 2. The highest BCUT2D eigenvalue weighted by Gasteiger charge is 2.17. The number of hydrogen-bond acceptors (Lipinski definition) is 4. The Bertz CT molecular complexity index is 1010. The van der Waals surface area contributed by atoms with Gasteiger partial charge in [0.15, 0.2) is 0 Å². The minimum absolute atomic E-state index is 0.229. The van der Waals surface area contributed by atoms with Crippen LogP contribution >= 0.6 is 0 Å². The van der Waals surface area contributed by atoms with Gasteiger partial charge >= 0.3 is 5.97 Å². The number of aromatic nitrogens is 2. The van der Waals surface area contributed by atoms with Crippen LogP contribution < -0.4 is 5.32 Å². The fourth-order valence-electron chi connectivity index (χ4n) is 2.93. The number of nitrogens with one attached hydrogen (secondary N) is 1. The molecule has 6 nitrogen and oxygen atoms in total. The van der Waals surface area contributed by atoms with Gasteiger partial charge in [0.25, 0.3) is 5.91 Å². The molecule has 3 rings (SSSR count). The summed E-state index contributed by atoms with van der Waals surface area (Å²) in [5, 5.41) is 6.96. The second kappa shape index (κ2) is 9.14. The molecule has 150 valence electrons. The molecule has 0 fully saturated rings. The highest BCUT2D eigenvalue weighted by molar-refractivity contribution is 6.05. The maximum Gasteiger partial charge on any atom is 0.306 e. The lowest BCUT2D eigenvalue weighted by molar-refractivity contribution is -0.143. The molecular weight excluding hydrogens is 373 g/mol. The second-order valence-corrected chi connectivity index (χ2v) is 6.46. The molecule has 29 heavy (non-hydrogen) atoms. The van der Waals surface area contributed by atoms with Crippen molar-refractivity contribution in [3.8, 4) is 5.69 Å². The maximum atomic E-state index is 14.0. The topological polar surface area (TPSA) is 73.2 Å². The lowest BCUT2D eigenvalue weighted by Gasteiger charge is -2.08. The number of esters is 1. The lowest BCUT2D eigenvalue weighted by atomic mass is 10.1. The largest absolute Gasteiger partial charge is 0.466 e. The van der Waals surface area contributed by atoms with E-state index in [1.807, 2.05) is 12.1 Å². The number of hydrogen-bond donors (Lipinski definition) is 1. The summed E-state index contributed by atoms with van der Waals surface area (Å²) in [4.78, 5) is 24.0. The van der Waals surface area contributed by atoms with E-state index < -0.39 is 5.82 Å². The van der Waals surface area contributed by atoms with Gasteiger partial charge in [0.1, 0.15) is 11.5 Å². The van der Waals surface area contributed by atoms with Gasteiger partial charge in [-0.3, -0.25) is 9.59 Å². The summed E-state index contributed by atoms with van der Waals surface area (Å²) in [6, 6.07) is 13.5. The lowest BCUT2D eigenvalue weighted by Crippen LogP contribution is -2.13. The zero-order valence-corrected chi connectivity index (χ0v) is 16.3. The molecule has 0 saturated carbocycles. The molecule has 0 aliphatic rings. The first-order valence-corrected chi connectivity index (χ1v) is 9.35. The minimum atomic E-state index is -0.413. The Morgan fingerprint density at radius 3 is 2.55 bits per heavy atom. The Morgan fingerprint density at radius 2 is 1.86 bits per heavy atom. The Labute approximate surface area is 168 Å². The molecule has 0 spiro atoms. The van der Waals surface area contributed by atoms with Crippen molar-refractivity contribution in [3.63, 3.8) is 0 Å². The molecule has 0 saturated heterocycles. The number of amides is 1. The fraction of sp³-hybridized carbons (Fsp3) is 0.227. The average molecular weight is 395 g/mol. The summed E-state index contributed by atoms with van der Waals surface area (Å²) < 4.78 is 20.3. The van der Waals surface area contributed by atoms with E-state index in [-0.39, 0.29) is 17.6 Å². The predicted octanol–water partition coefficient (Wildman–Crippen LogP) is 4.07. The quantitative estimate of drug-likeness (QED) is 0.612. The number of aryl methyl sites for hydroxylation is 1. The molecule has 0 aliphatic heterocycles. The molecule has 1 N–H and O–H groups in total. The highest BCUT2D eigenvalue weighted by Crippen LogP contribution is 2.19. The first-order valence-electron chi connectivity index (χ1n) is 9.35. The molecule has 0 radical (unpaired) electrons. The van der Waals surface area contributed by atoms with Crippen molar-refractivity contribution in [1.29, 1.82) is 0 Å². The van der Waals surface area contributed by atoms with Crippen molar-refractivity contribution in [3.05, 3.63) is 77.4 Å². The van der Waals surface area contributed by atoms with Gasteiger partial charge in [0.05, 0.1) is 24.1 Å². The normalized spacial score (nSPS) is 10.6. The summed E-state index contributed by atoms with van der Waals surface area (Å²) in [7, 11) is 0. The first kappa shape index (κ1) is 20.3. The van der Waals surface area contributed by atoms with Gasteiger partial charge in [0.2, 0.25) is 0 Å². The van der Waals surface area contributed by atoms with Crippen LogP contribution in [0.25, 0.3) is 5.69 Å². The molecule has 0 unspecified atom stereocenters. The van der Waals surface area contributed by atoms with Crippen LogP contribution in [0.5, 0.6) is 0 Å². The van der Waals surface area contributed by atoms with Crippen LogP contribution in [0.15, 0.2) is 54.7 Å². The summed E-state index contributed by atoms with van der Waals surface area (Å²) in [5.74, 6) is -0.972. The van der Waals surface area contributed by atoms with Crippen LogP contribution in [0.2, 0.25) is 0 Å². The van der Waals surface area contributed by atoms with E-state index in [0.29, 0.717) is 36.4 Å². The Balaban J connectivity index is 1.66. The smallest absolute Gasteiger partial charge is 0.306 e. The number of nitrogens with zero attached hydrogens (tertiary/aromatic N) is 2. The van der Waals surface area contributed by atoms with Crippen molar-refractivity contribution < 1.29 is 18.7 Å². The zero-order chi connectivity index (χ0) is 20.8. The standard InChI is InChI=1S/C22H22FN3O3/c1-3-29-21(27)13-10-16-8-11-17(12-9-16)25-22(28)18-14-24-26(15(18)2)20-7-5-4-6-19(20)23/h4-9,11-12,14H,3,10,13H2,1-2H3,(H,25,28). The Kier molecular flexibility index (Phi) is 6.39. The Hall–Kier alpha value is -3.48. The van der Waals surface area contributed by atoms with Gasteiger partial charge in [-0.25, -0.2) is 9.07 Å². The minimum Gasteiger partial charge on any atom is -0.466 e. The molecule has 0 atom stereocenters. The SMILES string of the molecule is CCOC(=O)CCc1ccc(NC(=O)c2cnn(-c3ccccc3F)c2C)cc1. The van der Waals surface area contributed by atoms with Crippen molar-refractivity contribution >= 4 is 17.6 Å². The molecule has 0 aliphatic carbocycles. The molecule has 1 aromatic heterocycles. The molecule has 7 heteroatoms.